The normalized spacial score (nSPS) is 9.26. The number of anilines is 1. The van der Waals surface area contributed by atoms with Crippen molar-refractivity contribution in [1.29, 1.82) is 0 Å². The molecule has 0 saturated carbocycles. The lowest BCUT2D eigenvalue weighted by Crippen LogP contribution is -2.15. The molecule has 5 nitrogen and oxygen atoms in total. The summed E-state index contributed by atoms with van der Waals surface area (Å²) >= 11 is 0. The van der Waals surface area contributed by atoms with Gasteiger partial charge < -0.3 is 15.4 Å². The van der Waals surface area contributed by atoms with Gasteiger partial charge in [-0.15, -0.1) is 24.8 Å². The Labute approximate surface area is 148 Å². The first kappa shape index (κ1) is 21.2. The molecule has 0 aliphatic carbocycles. The molecular formula is C16H21Cl2N3O2. The number of halogens is 2. The van der Waals surface area contributed by atoms with Gasteiger partial charge in [0, 0.05) is 18.7 Å². The average Bonchev–Trinajstić information content (AvgIpc) is 2.51. The molecule has 1 aromatic carbocycles. The largest absolute Gasteiger partial charge is 0.455 e. The van der Waals surface area contributed by atoms with E-state index in [1.54, 1.807) is 18.5 Å². The van der Waals surface area contributed by atoms with Crippen molar-refractivity contribution in [1.82, 2.24) is 10.3 Å². The summed E-state index contributed by atoms with van der Waals surface area (Å²) in [6.45, 7) is 0.813. The van der Waals surface area contributed by atoms with Gasteiger partial charge in [0.15, 0.2) is 5.75 Å². The molecule has 1 heterocycles. The minimum absolute atomic E-state index is 0. The fourth-order valence-electron chi connectivity index (χ4n) is 1.82. The molecule has 0 aliphatic heterocycles. The van der Waals surface area contributed by atoms with Crippen molar-refractivity contribution in [2.75, 3.05) is 18.9 Å². The third-order valence-electron chi connectivity index (χ3n) is 2.86. The Kier molecular flexibility index (Phi) is 10.8. The number of carbonyl (C=O) groups is 1. The number of hydrogen-bond donors (Lipinski definition) is 2. The zero-order valence-corrected chi connectivity index (χ0v) is 14.5. The molecule has 0 saturated heterocycles. The predicted molar refractivity (Wildman–Crippen MR) is 97.0 cm³/mol. The van der Waals surface area contributed by atoms with Crippen molar-refractivity contribution in [2.45, 2.75) is 12.8 Å². The van der Waals surface area contributed by atoms with E-state index < -0.39 is 0 Å². The van der Waals surface area contributed by atoms with E-state index in [0.29, 0.717) is 17.9 Å². The number of nitrogens with zero attached hydrogens (tertiary/aromatic N) is 1. The lowest BCUT2D eigenvalue weighted by atomic mass is 10.3. The van der Waals surface area contributed by atoms with E-state index >= 15 is 0 Å². The lowest BCUT2D eigenvalue weighted by Gasteiger charge is -2.11. The van der Waals surface area contributed by atoms with Crippen LogP contribution in [0.4, 0.5) is 5.69 Å². The van der Waals surface area contributed by atoms with Gasteiger partial charge in [-0.2, -0.15) is 0 Å². The van der Waals surface area contributed by atoms with Gasteiger partial charge in [-0.3, -0.25) is 9.78 Å². The van der Waals surface area contributed by atoms with Crippen molar-refractivity contribution >= 4 is 36.4 Å². The highest BCUT2D eigenvalue weighted by molar-refractivity contribution is 5.92. The first-order valence-corrected chi connectivity index (χ1v) is 6.91. The number of pyridine rings is 1. The fourth-order valence-corrected chi connectivity index (χ4v) is 1.82. The van der Waals surface area contributed by atoms with Crippen molar-refractivity contribution in [2.24, 2.45) is 0 Å². The van der Waals surface area contributed by atoms with Crippen LogP contribution in [-0.4, -0.2) is 24.5 Å². The number of carbonyl (C=O) groups excluding carboxylic acids is 1. The van der Waals surface area contributed by atoms with Crippen LogP contribution in [-0.2, 0) is 4.79 Å². The Morgan fingerprint density at radius 3 is 2.61 bits per heavy atom. The van der Waals surface area contributed by atoms with Gasteiger partial charge in [0.1, 0.15) is 11.4 Å². The van der Waals surface area contributed by atoms with Gasteiger partial charge in [-0.25, -0.2) is 0 Å². The Morgan fingerprint density at radius 1 is 1.17 bits per heavy atom. The van der Waals surface area contributed by atoms with Gasteiger partial charge >= 0.3 is 0 Å². The average molecular weight is 358 g/mol. The fraction of sp³-hybridized carbons (Fsp3) is 0.250. The van der Waals surface area contributed by atoms with Gasteiger partial charge in [0.25, 0.3) is 0 Å². The minimum atomic E-state index is -0.0452. The smallest absolute Gasteiger partial charge is 0.224 e. The Bertz CT molecular complexity index is 583. The van der Waals surface area contributed by atoms with E-state index in [2.05, 4.69) is 15.6 Å². The third-order valence-corrected chi connectivity index (χ3v) is 2.86. The van der Waals surface area contributed by atoms with Crippen molar-refractivity contribution in [3.8, 4) is 11.5 Å². The Morgan fingerprint density at radius 2 is 1.91 bits per heavy atom. The molecule has 2 aromatic rings. The molecule has 0 atom stereocenters. The van der Waals surface area contributed by atoms with E-state index in [1.165, 1.54) is 0 Å². The maximum Gasteiger partial charge on any atom is 0.224 e. The summed E-state index contributed by atoms with van der Waals surface area (Å²) in [6, 6.07) is 11.2. The molecule has 126 valence electrons. The standard InChI is InChI=1S/C16H19N3O2.2ClH/c1-17-10-5-8-16(20)19-14-12-18-11-9-15(14)21-13-6-3-2-4-7-13;;/h2-4,6-7,9,11-12,17H,5,8,10H2,1H3,(H,19,20);2*1H. The highest BCUT2D eigenvalue weighted by atomic mass is 35.5. The molecule has 0 spiro atoms. The number of amides is 1. The number of ether oxygens (including phenoxy) is 1. The predicted octanol–water partition coefficient (Wildman–Crippen LogP) is 3.66. The van der Waals surface area contributed by atoms with Crippen LogP contribution in [0.1, 0.15) is 12.8 Å². The zero-order chi connectivity index (χ0) is 14.9. The molecule has 1 amide bonds. The molecule has 0 fully saturated rings. The maximum atomic E-state index is 11.9. The van der Waals surface area contributed by atoms with Crippen LogP contribution in [0.15, 0.2) is 48.8 Å². The lowest BCUT2D eigenvalue weighted by molar-refractivity contribution is -0.116. The molecule has 2 N–H and O–H groups in total. The summed E-state index contributed by atoms with van der Waals surface area (Å²) in [5.41, 5.74) is 0.579. The minimum Gasteiger partial charge on any atom is -0.455 e. The van der Waals surface area contributed by atoms with Crippen LogP contribution >= 0.6 is 24.8 Å². The van der Waals surface area contributed by atoms with Crippen LogP contribution in [0, 0.1) is 0 Å². The van der Waals surface area contributed by atoms with Gasteiger partial charge in [-0.05, 0) is 32.1 Å². The van der Waals surface area contributed by atoms with Crippen LogP contribution < -0.4 is 15.4 Å². The second kappa shape index (κ2) is 11.7. The third kappa shape index (κ3) is 7.32. The van der Waals surface area contributed by atoms with E-state index in [0.717, 1.165) is 18.7 Å². The second-order valence-corrected chi connectivity index (χ2v) is 4.54. The summed E-state index contributed by atoms with van der Waals surface area (Å²) < 4.78 is 5.77. The van der Waals surface area contributed by atoms with Gasteiger partial charge in [-0.1, -0.05) is 18.2 Å². The molecule has 1 aromatic heterocycles. The molecule has 0 radical (unpaired) electrons. The highest BCUT2D eigenvalue weighted by Crippen LogP contribution is 2.28. The van der Waals surface area contributed by atoms with E-state index in [9.17, 15) is 4.79 Å². The van der Waals surface area contributed by atoms with Crippen LogP contribution in [0.3, 0.4) is 0 Å². The van der Waals surface area contributed by atoms with Crippen LogP contribution in [0.2, 0.25) is 0 Å². The molecule has 0 aliphatic rings. The molecule has 0 unspecified atom stereocenters. The summed E-state index contributed by atoms with van der Waals surface area (Å²) in [5.74, 6) is 1.25. The highest BCUT2D eigenvalue weighted by Gasteiger charge is 2.08. The molecule has 2 rings (SSSR count). The summed E-state index contributed by atoms with van der Waals surface area (Å²) in [4.78, 5) is 15.9. The summed E-state index contributed by atoms with van der Waals surface area (Å²) in [7, 11) is 1.87. The molecule has 7 heteroatoms. The number of para-hydroxylation sites is 1. The first-order chi connectivity index (χ1) is 10.3. The molecule has 0 bridgehead atoms. The van der Waals surface area contributed by atoms with Gasteiger partial charge in [0.2, 0.25) is 5.91 Å². The number of aromatic nitrogens is 1. The number of rotatable bonds is 7. The Balaban J connectivity index is 0.00000242. The maximum absolute atomic E-state index is 11.9. The molecular weight excluding hydrogens is 337 g/mol. The number of benzene rings is 1. The van der Waals surface area contributed by atoms with E-state index in [1.807, 2.05) is 37.4 Å². The summed E-state index contributed by atoms with van der Waals surface area (Å²) in [5, 5.41) is 5.85. The molecule has 23 heavy (non-hydrogen) atoms. The SMILES string of the molecule is CNCCCC(=O)Nc1cnccc1Oc1ccccc1.Cl.Cl. The first-order valence-electron chi connectivity index (χ1n) is 6.91. The topological polar surface area (TPSA) is 63.2 Å². The quantitative estimate of drug-likeness (QED) is 0.742. The van der Waals surface area contributed by atoms with Gasteiger partial charge in [0.05, 0.1) is 6.20 Å². The van der Waals surface area contributed by atoms with Crippen LogP contribution in [0.5, 0.6) is 11.5 Å². The number of nitrogens with one attached hydrogen (secondary N) is 2. The zero-order valence-electron chi connectivity index (χ0n) is 12.8. The van der Waals surface area contributed by atoms with Crippen molar-refractivity contribution in [3.63, 3.8) is 0 Å². The van der Waals surface area contributed by atoms with Crippen molar-refractivity contribution in [3.05, 3.63) is 48.8 Å². The second-order valence-electron chi connectivity index (χ2n) is 4.54. The Hall–Kier alpha value is -1.82. The van der Waals surface area contributed by atoms with E-state index in [-0.39, 0.29) is 30.7 Å². The van der Waals surface area contributed by atoms with Crippen LogP contribution in [0.25, 0.3) is 0 Å². The van der Waals surface area contributed by atoms with Crippen molar-refractivity contribution < 1.29 is 9.53 Å². The monoisotopic (exact) mass is 357 g/mol. The number of hydrogen-bond acceptors (Lipinski definition) is 4. The van der Waals surface area contributed by atoms with E-state index in [4.69, 9.17) is 4.74 Å². The summed E-state index contributed by atoms with van der Waals surface area (Å²) in [6.07, 6.45) is 4.47.